The molecule has 0 radical (unpaired) electrons. The lowest BCUT2D eigenvalue weighted by atomic mass is 9.66. The number of benzene rings is 2. The van der Waals surface area contributed by atoms with Crippen molar-refractivity contribution in [3.63, 3.8) is 0 Å². The van der Waals surface area contributed by atoms with Crippen LogP contribution in [0.25, 0.3) is 21.8 Å². The summed E-state index contributed by atoms with van der Waals surface area (Å²) in [6.07, 6.45) is 8.58. The number of nitrogens with zero attached hydrogens (tertiary/aromatic N) is 8. The number of aryl methyl sites for hydroxylation is 2. The molecule has 1 unspecified atom stereocenters. The molecule has 18 heteroatoms. The Hall–Kier alpha value is -5.55. The largest absolute Gasteiger partial charge is 0.480 e. The van der Waals surface area contributed by atoms with Crippen LogP contribution in [0.3, 0.4) is 0 Å². The maximum atomic E-state index is 15.2. The second-order valence-electron chi connectivity index (χ2n) is 19.1. The lowest BCUT2D eigenvalue weighted by Gasteiger charge is -2.54. The highest BCUT2D eigenvalue weighted by atomic mass is 35.5. The van der Waals surface area contributed by atoms with Crippen molar-refractivity contribution in [2.24, 2.45) is 31.3 Å². The molecule has 4 aliphatic heterocycles. The van der Waals surface area contributed by atoms with Gasteiger partial charge in [0.15, 0.2) is 12.4 Å². The Balaban J connectivity index is 0.693. The van der Waals surface area contributed by atoms with Gasteiger partial charge < -0.3 is 29.7 Å². The number of piperidine rings is 1. The molecule has 6 aliphatic rings. The Kier molecular flexibility index (Phi) is 10.0. The Bertz CT molecular complexity index is 2750. The number of alkyl halides is 2. The molecule has 2 aromatic carbocycles. The number of carbonyl (C=O) groups excluding carboxylic acids is 2. The lowest BCUT2D eigenvalue weighted by Crippen LogP contribution is -2.58. The summed E-state index contributed by atoms with van der Waals surface area (Å²) in [6, 6.07) is 10.7. The SMILES string of the molecule is Cn1nc(C2CCC(=O)NC2=O)c2ccc(N3CCN(CC4CCC5(CC4)CN(c4ncc(Cl)c(Nc6ccc7c(c6)c6c(c(=O)n7C)OCC(F)(F)[C@H](C7CC7)N6)n4)C5)CC3)cc21. The fourth-order valence-corrected chi connectivity index (χ4v) is 11.1. The van der Waals surface area contributed by atoms with Crippen LogP contribution in [-0.4, -0.2) is 105 Å². The highest BCUT2D eigenvalue weighted by molar-refractivity contribution is 6.33. The molecular formula is C46H52ClF2N11O4. The summed E-state index contributed by atoms with van der Waals surface area (Å²) >= 11 is 6.65. The maximum Gasteiger partial charge on any atom is 0.301 e. The third-order valence-electron chi connectivity index (χ3n) is 14.8. The first-order valence-electron chi connectivity index (χ1n) is 22.6. The molecule has 3 N–H and O–H groups in total. The molecule has 64 heavy (non-hydrogen) atoms. The van der Waals surface area contributed by atoms with E-state index >= 15 is 8.78 Å². The molecular weight excluding hydrogens is 844 g/mol. The second-order valence-corrected chi connectivity index (χ2v) is 19.5. The van der Waals surface area contributed by atoms with E-state index < -0.39 is 30.0 Å². The Morgan fingerprint density at radius 2 is 1.70 bits per heavy atom. The molecule has 336 valence electrons. The smallest absolute Gasteiger partial charge is 0.301 e. The van der Waals surface area contributed by atoms with Crippen molar-refractivity contribution in [3.05, 3.63) is 63.7 Å². The van der Waals surface area contributed by atoms with Crippen molar-refractivity contribution >= 4 is 74.0 Å². The molecule has 2 amide bonds. The molecule has 2 aliphatic carbocycles. The van der Waals surface area contributed by atoms with Crippen molar-refractivity contribution in [2.45, 2.75) is 69.2 Å². The number of pyridine rings is 1. The Labute approximate surface area is 373 Å². The number of ether oxygens (including phenoxy) is 1. The summed E-state index contributed by atoms with van der Waals surface area (Å²) in [5.74, 6) is -2.58. The standard InChI is InChI=1S/C46H52ClF2N11O4/c1-56-34-9-5-28(19-32(34)38-39(43(56)63)64-25-46(48,49)40(53-38)27-3-4-27)51-41-33(47)21-50-44(54-41)60-23-45(24-60)13-11-26(12-14-45)22-58-15-17-59(18-16-58)29-6-7-30-35(20-29)57(2)55-37(30)31-8-10-36(61)52-42(31)62/h5-7,9,19-21,26-27,31,40,53H,3-4,8,10-18,22-25H2,1-2H3,(H,50,51,54)(H,52,61,62)/t31?,40-/m0/s1. The zero-order valence-corrected chi connectivity index (χ0v) is 36.8. The minimum Gasteiger partial charge on any atom is -0.480 e. The zero-order chi connectivity index (χ0) is 44.1. The van der Waals surface area contributed by atoms with Gasteiger partial charge in [-0.2, -0.15) is 10.1 Å². The minimum absolute atomic E-state index is 0.0985. The van der Waals surface area contributed by atoms with Gasteiger partial charge in [0.1, 0.15) is 5.02 Å². The Morgan fingerprint density at radius 3 is 2.45 bits per heavy atom. The number of aromatic nitrogens is 5. The number of hydrogen-bond acceptors (Lipinski definition) is 12. The average molecular weight is 896 g/mol. The minimum atomic E-state index is -3.12. The van der Waals surface area contributed by atoms with Crippen molar-refractivity contribution in [3.8, 4) is 5.75 Å². The van der Waals surface area contributed by atoms with Crippen LogP contribution < -0.4 is 36.0 Å². The van der Waals surface area contributed by atoms with Crippen LogP contribution in [0.5, 0.6) is 5.75 Å². The van der Waals surface area contributed by atoms with Gasteiger partial charge in [-0.1, -0.05) is 11.6 Å². The number of nitrogens with one attached hydrogen (secondary N) is 3. The van der Waals surface area contributed by atoms with Gasteiger partial charge in [0, 0.05) is 93.9 Å². The summed E-state index contributed by atoms with van der Waals surface area (Å²) in [5, 5.41) is 15.5. The van der Waals surface area contributed by atoms with Crippen LogP contribution in [-0.2, 0) is 23.7 Å². The van der Waals surface area contributed by atoms with E-state index in [-0.39, 0.29) is 34.6 Å². The van der Waals surface area contributed by atoms with Gasteiger partial charge in [0.25, 0.3) is 5.56 Å². The van der Waals surface area contributed by atoms with E-state index in [9.17, 15) is 14.4 Å². The maximum absolute atomic E-state index is 15.2. The number of halogens is 3. The van der Waals surface area contributed by atoms with Gasteiger partial charge in [0.05, 0.1) is 40.6 Å². The van der Waals surface area contributed by atoms with Crippen LogP contribution in [0.15, 0.2) is 47.4 Å². The Morgan fingerprint density at radius 1 is 0.922 bits per heavy atom. The molecule has 5 aromatic rings. The quantitative estimate of drug-likeness (QED) is 0.153. The van der Waals surface area contributed by atoms with Crippen molar-refractivity contribution in [1.29, 1.82) is 0 Å². The van der Waals surface area contributed by atoms with E-state index in [2.05, 4.69) is 53.8 Å². The highest BCUT2D eigenvalue weighted by Gasteiger charge is 2.51. The first kappa shape index (κ1) is 41.2. The van der Waals surface area contributed by atoms with Crippen molar-refractivity contribution in [1.82, 2.24) is 34.5 Å². The third kappa shape index (κ3) is 7.37. The number of hydrogen-bond donors (Lipinski definition) is 3. The summed E-state index contributed by atoms with van der Waals surface area (Å²) < 4.78 is 39.2. The lowest BCUT2D eigenvalue weighted by molar-refractivity contribution is -0.134. The third-order valence-corrected chi connectivity index (χ3v) is 15.1. The number of fused-ring (bicyclic) bond motifs is 4. The first-order valence-corrected chi connectivity index (χ1v) is 23.0. The number of carbonyl (C=O) groups is 2. The summed E-state index contributed by atoms with van der Waals surface area (Å²) in [5.41, 5.74) is 4.19. The van der Waals surface area contributed by atoms with Crippen molar-refractivity contribution in [2.75, 3.05) is 72.9 Å². The van der Waals surface area contributed by atoms with Gasteiger partial charge >= 0.3 is 5.92 Å². The van der Waals surface area contributed by atoms with Gasteiger partial charge in [-0.15, -0.1) is 0 Å². The van der Waals surface area contributed by atoms with Crippen LogP contribution in [0, 0.1) is 17.3 Å². The first-order chi connectivity index (χ1) is 30.8. The van der Waals surface area contributed by atoms with E-state index in [1.165, 1.54) is 30.3 Å². The molecule has 11 rings (SSSR count). The van der Waals surface area contributed by atoms with E-state index in [4.69, 9.17) is 26.4 Å². The van der Waals surface area contributed by atoms with Gasteiger partial charge in [0.2, 0.25) is 23.5 Å². The summed E-state index contributed by atoms with van der Waals surface area (Å²) in [6.45, 7) is 5.97. The summed E-state index contributed by atoms with van der Waals surface area (Å²) in [7, 11) is 3.53. The normalized spacial score (nSPS) is 23.6. The molecule has 7 heterocycles. The number of rotatable bonds is 8. The molecule has 3 saturated heterocycles. The van der Waals surface area contributed by atoms with E-state index in [1.807, 2.05) is 23.9 Å². The molecule has 3 aromatic heterocycles. The zero-order valence-electron chi connectivity index (χ0n) is 36.0. The number of piperazine rings is 1. The van der Waals surface area contributed by atoms with E-state index in [0.29, 0.717) is 65.0 Å². The van der Waals surface area contributed by atoms with E-state index in [1.54, 1.807) is 19.3 Å². The van der Waals surface area contributed by atoms with Gasteiger partial charge in [-0.25, -0.2) is 13.8 Å². The topological polar surface area (TPSA) is 155 Å². The van der Waals surface area contributed by atoms with Crippen LogP contribution in [0.2, 0.25) is 5.02 Å². The van der Waals surface area contributed by atoms with E-state index in [0.717, 1.165) is 68.1 Å². The molecule has 5 fully saturated rings. The molecule has 0 bridgehead atoms. The predicted octanol–water partition coefficient (Wildman–Crippen LogP) is 6.17. The molecule has 2 saturated carbocycles. The number of amides is 2. The molecule has 15 nitrogen and oxygen atoms in total. The molecule has 1 spiro atoms. The predicted molar refractivity (Wildman–Crippen MR) is 241 cm³/mol. The van der Waals surface area contributed by atoms with Crippen LogP contribution in [0.4, 0.5) is 37.6 Å². The fourth-order valence-electron chi connectivity index (χ4n) is 11.0. The highest BCUT2D eigenvalue weighted by Crippen LogP contribution is 2.48. The molecule has 2 atom stereocenters. The number of anilines is 5. The fraction of sp³-hybridized carbons (Fsp3) is 0.522. The summed E-state index contributed by atoms with van der Waals surface area (Å²) in [4.78, 5) is 54.3. The number of imide groups is 1. The van der Waals surface area contributed by atoms with Crippen LogP contribution >= 0.6 is 11.6 Å². The monoisotopic (exact) mass is 895 g/mol. The van der Waals surface area contributed by atoms with Crippen molar-refractivity contribution < 1.29 is 23.1 Å². The average Bonchev–Trinajstić information content (AvgIpc) is 4.08. The van der Waals surface area contributed by atoms with Gasteiger partial charge in [-0.05, 0) is 93.2 Å². The van der Waals surface area contributed by atoms with Crippen LogP contribution in [0.1, 0.15) is 63.0 Å². The second kappa shape index (κ2) is 15.6. The van der Waals surface area contributed by atoms with Gasteiger partial charge in [-0.3, -0.25) is 29.3 Å².